The summed E-state index contributed by atoms with van der Waals surface area (Å²) in [5, 5.41) is 40.6. The Labute approximate surface area is 428 Å². The van der Waals surface area contributed by atoms with E-state index in [0.717, 1.165) is 34.8 Å². The molecule has 0 N–H and O–H groups in total. The fraction of sp³-hybridized carbons (Fsp3) is 0.0526. The first-order valence-corrected chi connectivity index (χ1v) is 23.8. The molecular weight excluding hydrogens is 1000 g/mol. The molecule has 12 nitrogen and oxygen atoms in total. The number of carbonyl (C=O) groups excluding carboxylic acids is 4. The van der Waals surface area contributed by atoms with E-state index in [2.05, 4.69) is 9.98 Å². The van der Waals surface area contributed by atoms with Crippen LogP contribution in [0, 0.1) is 68.6 Å². The van der Waals surface area contributed by atoms with E-state index in [4.69, 9.17) is 9.47 Å². The summed E-state index contributed by atoms with van der Waals surface area (Å²) in [6, 6.07) is 36.8. The number of allylic oxidation sites excluding steroid dienone is 4. The van der Waals surface area contributed by atoms with Crippen LogP contribution in [0.25, 0.3) is 42.4 Å². The predicted octanol–water partition coefficient (Wildman–Crippen LogP) is 12.0. The number of Topliss-reactive ketones (excluding diaryl/α,β-unsaturated/α-hetero) is 2. The van der Waals surface area contributed by atoms with Gasteiger partial charge in [-0.3, -0.25) is 19.2 Å². The Balaban J connectivity index is 1.11. The van der Waals surface area contributed by atoms with Gasteiger partial charge in [-0.2, -0.15) is 21.0 Å². The lowest BCUT2D eigenvalue weighted by Crippen LogP contribution is -2.45. The lowest BCUT2D eigenvalue weighted by Gasteiger charge is -2.28. The van der Waals surface area contributed by atoms with Crippen molar-refractivity contribution in [1.29, 1.82) is 21.0 Å². The van der Waals surface area contributed by atoms with Gasteiger partial charge in [-0.25, -0.2) is 27.5 Å². The average Bonchev–Trinajstić information content (AvgIpc) is 4.25. The standard InChI is InChI=1S/C57H24F4N6O6S2/c58-41-15-35-37(17-43(41)60)53(68)51(49(35)31(21-62)22-63)66-47-13-29-11-39-33(19-45(29)74-47)34-20-46-30(14-48(75-46)67-52-50(32(23-64)24-65)36-16-42(59)44(61)18-38(36)54(52)69)12-40(34)57(39,55(70)72-25-27-7-3-1-4-8-27)56(71)73-26-28-9-5-2-6-10-28/h1-20H,25-26H2/b66-51-,67-52-. The van der Waals surface area contributed by atoms with Crippen molar-refractivity contribution in [2.24, 2.45) is 9.98 Å². The fourth-order valence-corrected chi connectivity index (χ4v) is 11.4. The van der Waals surface area contributed by atoms with E-state index in [-0.39, 0.29) is 67.7 Å². The number of fused-ring (bicyclic) bond motifs is 7. The van der Waals surface area contributed by atoms with E-state index in [9.17, 15) is 48.2 Å². The second kappa shape index (κ2) is 18.3. The summed E-state index contributed by atoms with van der Waals surface area (Å²) in [6.45, 7) is -0.521. The minimum Gasteiger partial charge on any atom is -0.459 e. The Hall–Kier alpha value is -9.98. The lowest BCUT2D eigenvalue weighted by molar-refractivity contribution is -0.164. The number of nitrogens with zero attached hydrogens (tertiary/aromatic N) is 6. The van der Waals surface area contributed by atoms with Gasteiger partial charge in [0.2, 0.25) is 17.0 Å². The predicted molar refractivity (Wildman–Crippen MR) is 268 cm³/mol. The molecule has 18 heteroatoms. The second-order valence-corrected chi connectivity index (χ2v) is 19.2. The molecule has 11 rings (SSSR count). The van der Waals surface area contributed by atoms with Crippen molar-refractivity contribution < 1.29 is 46.2 Å². The molecule has 2 heterocycles. The number of rotatable bonds is 8. The molecule has 0 aliphatic heterocycles. The highest BCUT2D eigenvalue weighted by molar-refractivity contribution is 7.23. The number of hydrogen-bond acceptors (Lipinski definition) is 14. The molecule has 0 fully saturated rings. The van der Waals surface area contributed by atoms with E-state index in [1.165, 1.54) is 0 Å². The number of benzene rings is 6. The molecule has 75 heavy (non-hydrogen) atoms. The smallest absolute Gasteiger partial charge is 0.333 e. The maximum absolute atomic E-state index is 15.3. The highest BCUT2D eigenvalue weighted by atomic mass is 32.1. The summed E-state index contributed by atoms with van der Waals surface area (Å²) in [5.41, 5.74) is -3.64. The zero-order valence-electron chi connectivity index (χ0n) is 37.9. The van der Waals surface area contributed by atoms with Crippen LogP contribution >= 0.6 is 22.7 Å². The first-order chi connectivity index (χ1) is 36.3. The molecule has 0 saturated carbocycles. The molecule has 8 aromatic rings. The molecule has 3 aliphatic rings. The molecule has 0 radical (unpaired) electrons. The van der Waals surface area contributed by atoms with Gasteiger partial charge in [-0.05, 0) is 105 Å². The van der Waals surface area contributed by atoms with Crippen molar-refractivity contribution in [1.82, 2.24) is 0 Å². The third-order valence-corrected chi connectivity index (χ3v) is 14.9. The summed E-state index contributed by atoms with van der Waals surface area (Å²) in [7, 11) is 0. The molecule has 0 unspecified atom stereocenters. The third-order valence-electron chi connectivity index (χ3n) is 12.9. The van der Waals surface area contributed by atoms with Gasteiger partial charge in [-0.15, -0.1) is 22.7 Å². The van der Waals surface area contributed by atoms with Crippen molar-refractivity contribution >= 4 is 98.9 Å². The van der Waals surface area contributed by atoms with Gasteiger partial charge in [0.1, 0.15) is 70.1 Å². The molecule has 0 atom stereocenters. The number of halogens is 4. The van der Waals surface area contributed by atoms with Crippen LogP contribution in [0.5, 0.6) is 0 Å². The minimum absolute atomic E-state index is 0.138. The van der Waals surface area contributed by atoms with Crippen LogP contribution in [-0.4, -0.2) is 34.9 Å². The minimum atomic E-state index is -2.35. The summed E-state index contributed by atoms with van der Waals surface area (Å²) in [5.74, 6) is -9.03. The Morgan fingerprint density at radius 3 is 1.21 bits per heavy atom. The largest absolute Gasteiger partial charge is 0.459 e. The van der Waals surface area contributed by atoms with E-state index in [1.54, 1.807) is 121 Å². The van der Waals surface area contributed by atoms with Gasteiger partial charge < -0.3 is 9.47 Å². The van der Waals surface area contributed by atoms with E-state index in [0.29, 0.717) is 54.6 Å². The molecule has 0 saturated heterocycles. The van der Waals surface area contributed by atoms with Crippen molar-refractivity contribution in [3.63, 3.8) is 0 Å². The Morgan fingerprint density at radius 1 is 0.493 bits per heavy atom. The summed E-state index contributed by atoms with van der Waals surface area (Å²) < 4.78 is 71.3. The van der Waals surface area contributed by atoms with Crippen LogP contribution < -0.4 is 0 Å². The van der Waals surface area contributed by atoms with Gasteiger partial charge in [0, 0.05) is 42.8 Å². The zero-order chi connectivity index (χ0) is 52.4. The van der Waals surface area contributed by atoms with Crippen molar-refractivity contribution in [3.8, 4) is 35.4 Å². The summed E-state index contributed by atoms with van der Waals surface area (Å²) >= 11 is 2.10. The van der Waals surface area contributed by atoms with Crippen LogP contribution in [0.1, 0.15) is 54.1 Å². The Bertz CT molecular complexity index is 3960. The SMILES string of the molecule is N#CC(C#N)=C1/C(=N/c2cc3cc4c(cc3s2)-c2cc3sc(/N=C5\C(=O)c6cc(F)c(F)cc6C5=C(C#N)C#N)cc3cc2C4(C(=O)OCc2ccccc2)C(=O)OCc2ccccc2)C(=O)c2cc(F)c(F)cc21. The molecule has 0 amide bonds. The zero-order valence-corrected chi connectivity index (χ0v) is 39.6. The average molecular weight is 1030 g/mol. The Morgan fingerprint density at radius 2 is 0.853 bits per heavy atom. The van der Waals surface area contributed by atoms with Crippen LogP contribution in [0.15, 0.2) is 142 Å². The van der Waals surface area contributed by atoms with Gasteiger partial charge >= 0.3 is 11.9 Å². The number of nitriles is 4. The van der Waals surface area contributed by atoms with Crippen molar-refractivity contribution in [2.75, 3.05) is 0 Å². The van der Waals surface area contributed by atoms with Crippen LogP contribution in [0.2, 0.25) is 0 Å². The number of carbonyl (C=O) groups is 4. The summed E-state index contributed by atoms with van der Waals surface area (Å²) in [4.78, 5) is 67.3. The van der Waals surface area contributed by atoms with Crippen molar-refractivity contribution in [2.45, 2.75) is 18.6 Å². The number of ether oxygens (including phenoxy) is 2. The lowest BCUT2D eigenvalue weighted by atomic mass is 9.77. The second-order valence-electron chi connectivity index (χ2n) is 17.1. The van der Waals surface area contributed by atoms with Crippen LogP contribution in [0.4, 0.5) is 27.6 Å². The molecule has 3 aliphatic carbocycles. The quantitative estimate of drug-likeness (QED) is 0.0609. The van der Waals surface area contributed by atoms with Gasteiger partial charge in [0.25, 0.3) is 0 Å². The van der Waals surface area contributed by atoms with Crippen LogP contribution in [0.3, 0.4) is 0 Å². The molecule has 2 aromatic heterocycles. The van der Waals surface area contributed by atoms with E-state index in [1.807, 2.05) is 0 Å². The fourth-order valence-electron chi connectivity index (χ4n) is 9.49. The van der Waals surface area contributed by atoms with E-state index < -0.39 is 74.8 Å². The number of esters is 2. The maximum atomic E-state index is 15.3. The molecule has 0 spiro atoms. The molecule has 0 bridgehead atoms. The van der Waals surface area contributed by atoms with Gasteiger partial charge in [-0.1, -0.05) is 60.7 Å². The maximum Gasteiger partial charge on any atom is 0.333 e. The normalized spacial score (nSPS) is 14.7. The molecular formula is C57H24F4N6O6S2. The topological polar surface area (TPSA) is 207 Å². The van der Waals surface area contributed by atoms with Crippen LogP contribution in [-0.2, 0) is 37.7 Å². The third kappa shape index (κ3) is 7.60. The van der Waals surface area contributed by atoms with Gasteiger partial charge in [0.15, 0.2) is 23.3 Å². The van der Waals surface area contributed by atoms with E-state index >= 15 is 9.59 Å². The first kappa shape index (κ1) is 47.4. The molecule has 358 valence electrons. The number of thiophene rings is 2. The first-order valence-electron chi connectivity index (χ1n) is 22.2. The monoisotopic (exact) mass is 1030 g/mol. The van der Waals surface area contributed by atoms with Gasteiger partial charge in [0.05, 0.1) is 0 Å². The summed E-state index contributed by atoms with van der Waals surface area (Å²) in [6.07, 6.45) is 0. The highest BCUT2D eigenvalue weighted by Crippen LogP contribution is 2.55. The number of ketones is 2. The van der Waals surface area contributed by atoms with Crippen molar-refractivity contribution in [3.05, 3.63) is 200 Å². The molecule has 6 aromatic carbocycles. The Kier molecular flexibility index (Phi) is 11.5. The highest BCUT2D eigenvalue weighted by Gasteiger charge is 2.58. The number of hydrogen-bond donors (Lipinski definition) is 0. The number of aliphatic imine (C=N–C) groups is 2.